The number of hydrogen-bond acceptors (Lipinski definition) is 0. The molecule has 0 aliphatic heterocycles. The fraction of sp³-hybridized carbons (Fsp3) is 0.333. The summed E-state index contributed by atoms with van der Waals surface area (Å²) in [6.45, 7) is 8.83. The molecule has 0 heterocycles. The van der Waals surface area contributed by atoms with Crippen molar-refractivity contribution in [3.05, 3.63) is 87.5 Å². The van der Waals surface area contributed by atoms with Crippen molar-refractivity contribution in [1.29, 1.82) is 0 Å². The van der Waals surface area contributed by atoms with Crippen molar-refractivity contribution in [3.63, 3.8) is 0 Å². The first-order chi connectivity index (χ1) is 14.5. The van der Waals surface area contributed by atoms with Crippen LogP contribution in [0, 0.1) is 33.6 Å². The molecule has 0 N–H and O–H groups in total. The van der Waals surface area contributed by atoms with Crippen LogP contribution in [0.25, 0.3) is 28.3 Å². The van der Waals surface area contributed by atoms with Gasteiger partial charge in [-0.3, -0.25) is 0 Å². The van der Waals surface area contributed by atoms with Gasteiger partial charge in [0.2, 0.25) is 0 Å². The number of rotatable bonds is 4. The minimum absolute atomic E-state index is 0.917. The molecule has 0 saturated heterocycles. The number of allylic oxidation sites excluding steroid dienone is 1. The summed E-state index contributed by atoms with van der Waals surface area (Å²) in [5.74, 6) is 0.917. The van der Waals surface area contributed by atoms with Crippen LogP contribution in [0.4, 0.5) is 0 Å². The van der Waals surface area contributed by atoms with Crippen molar-refractivity contribution in [3.8, 4) is 22.3 Å². The maximum Gasteiger partial charge on any atom is -0.00513 e. The second-order valence-electron chi connectivity index (χ2n) is 9.79. The highest BCUT2D eigenvalue weighted by molar-refractivity contribution is 5.87. The zero-order valence-electron chi connectivity index (χ0n) is 18.8. The highest BCUT2D eigenvalue weighted by Gasteiger charge is 2.25. The topological polar surface area (TPSA) is 0 Å². The van der Waals surface area contributed by atoms with E-state index in [1.807, 2.05) is 0 Å². The van der Waals surface area contributed by atoms with Gasteiger partial charge in [-0.1, -0.05) is 102 Å². The molecule has 0 amide bonds. The molecule has 0 radical (unpaired) electrons. The van der Waals surface area contributed by atoms with E-state index in [-0.39, 0.29) is 0 Å². The Balaban J connectivity index is 1.65. The molecule has 3 aromatic rings. The van der Waals surface area contributed by atoms with Gasteiger partial charge in [0.1, 0.15) is 0 Å². The summed E-state index contributed by atoms with van der Waals surface area (Å²) in [7, 11) is 0. The SMILES string of the molecule is Cc1cc(C)cc(-c2ccc(-c3cc(C)cc(C)c3)c3c2C=C(CC2CCC2)C3)c1. The number of fused-ring (bicyclic) bond motifs is 1. The summed E-state index contributed by atoms with van der Waals surface area (Å²) >= 11 is 0. The Bertz CT molecular complexity index is 1110. The Morgan fingerprint density at radius 3 is 1.77 bits per heavy atom. The van der Waals surface area contributed by atoms with Crippen molar-refractivity contribution < 1.29 is 0 Å². The molecular formula is C30H32. The molecule has 0 nitrogen and oxygen atoms in total. The van der Waals surface area contributed by atoms with Crippen molar-refractivity contribution in [2.75, 3.05) is 0 Å². The van der Waals surface area contributed by atoms with Gasteiger partial charge in [-0.2, -0.15) is 0 Å². The zero-order valence-corrected chi connectivity index (χ0v) is 18.8. The van der Waals surface area contributed by atoms with Gasteiger partial charge < -0.3 is 0 Å². The monoisotopic (exact) mass is 392 g/mol. The summed E-state index contributed by atoms with van der Waals surface area (Å²) in [5, 5.41) is 0. The molecule has 0 spiro atoms. The van der Waals surface area contributed by atoms with Gasteiger partial charge in [-0.05, 0) is 79.8 Å². The Morgan fingerprint density at radius 1 is 0.700 bits per heavy atom. The second kappa shape index (κ2) is 7.58. The molecule has 0 bridgehead atoms. The van der Waals surface area contributed by atoms with Gasteiger partial charge in [-0.25, -0.2) is 0 Å². The minimum atomic E-state index is 0.917. The largest absolute Gasteiger partial charge is 0.0649 e. The Morgan fingerprint density at radius 2 is 1.23 bits per heavy atom. The quantitative estimate of drug-likeness (QED) is 0.418. The average Bonchev–Trinajstić information content (AvgIpc) is 3.06. The predicted octanol–water partition coefficient (Wildman–Crippen LogP) is 8.38. The van der Waals surface area contributed by atoms with E-state index < -0.39 is 0 Å². The molecule has 5 rings (SSSR count). The summed E-state index contributed by atoms with van der Waals surface area (Å²) in [6, 6.07) is 18.7. The third-order valence-corrected chi connectivity index (χ3v) is 6.95. The van der Waals surface area contributed by atoms with Gasteiger partial charge in [0, 0.05) is 0 Å². The van der Waals surface area contributed by atoms with E-state index in [0.717, 1.165) is 12.3 Å². The Kier molecular flexibility index (Phi) is 4.89. The summed E-state index contributed by atoms with van der Waals surface area (Å²) < 4.78 is 0. The van der Waals surface area contributed by atoms with Crippen LogP contribution in [-0.2, 0) is 6.42 Å². The third-order valence-electron chi connectivity index (χ3n) is 6.95. The van der Waals surface area contributed by atoms with E-state index in [4.69, 9.17) is 0 Å². The zero-order chi connectivity index (χ0) is 20.8. The van der Waals surface area contributed by atoms with Crippen LogP contribution in [0.5, 0.6) is 0 Å². The summed E-state index contributed by atoms with van der Waals surface area (Å²) in [6.07, 6.45) is 9.20. The molecule has 0 unspecified atom stereocenters. The van der Waals surface area contributed by atoms with Crippen molar-refractivity contribution >= 4 is 6.08 Å². The van der Waals surface area contributed by atoms with Crippen LogP contribution in [0.2, 0.25) is 0 Å². The van der Waals surface area contributed by atoms with Crippen LogP contribution >= 0.6 is 0 Å². The normalized spacial score (nSPS) is 15.7. The lowest BCUT2D eigenvalue weighted by atomic mass is 9.80. The summed E-state index contributed by atoms with van der Waals surface area (Å²) in [4.78, 5) is 0. The molecule has 1 fully saturated rings. The standard InChI is InChI=1S/C30H32/c1-19-10-20(2)13-25(12-19)27-8-9-28(26-14-21(3)11-22(4)15-26)30-18-24(17-29(27)30)16-23-6-5-7-23/h8-15,17,23H,5-7,16,18H2,1-4H3. The van der Waals surface area contributed by atoms with E-state index in [1.165, 1.54) is 81.3 Å². The highest BCUT2D eigenvalue weighted by atomic mass is 14.3. The third kappa shape index (κ3) is 3.65. The van der Waals surface area contributed by atoms with Crippen molar-refractivity contribution in [2.45, 2.75) is 59.8 Å². The fourth-order valence-corrected chi connectivity index (χ4v) is 5.48. The predicted molar refractivity (Wildman–Crippen MR) is 130 cm³/mol. The van der Waals surface area contributed by atoms with E-state index in [2.05, 4.69) is 82.3 Å². The maximum atomic E-state index is 2.53. The molecule has 2 aliphatic rings. The molecule has 3 aromatic carbocycles. The first-order valence-corrected chi connectivity index (χ1v) is 11.5. The van der Waals surface area contributed by atoms with Crippen molar-refractivity contribution in [2.24, 2.45) is 5.92 Å². The van der Waals surface area contributed by atoms with E-state index in [0.29, 0.717) is 0 Å². The average molecular weight is 393 g/mol. The lowest BCUT2D eigenvalue weighted by molar-refractivity contribution is 0.313. The number of benzene rings is 3. The van der Waals surface area contributed by atoms with Gasteiger partial charge in [0.25, 0.3) is 0 Å². The van der Waals surface area contributed by atoms with E-state index in [9.17, 15) is 0 Å². The van der Waals surface area contributed by atoms with Crippen molar-refractivity contribution in [1.82, 2.24) is 0 Å². The molecule has 0 aromatic heterocycles. The van der Waals surface area contributed by atoms with Gasteiger partial charge in [-0.15, -0.1) is 0 Å². The number of hydrogen-bond donors (Lipinski definition) is 0. The Labute approximate surface area is 181 Å². The van der Waals surface area contributed by atoms with E-state index in [1.54, 1.807) is 5.57 Å². The van der Waals surface area contributed by atoms with Crippen LogP contribution in [0.1, 0.15) is 59.1 Å². The lowest BCUT2D eigenvalue weighted by Crippen LogP contribution is -2.11. The van der Waals surface area contributed by atoms with Gasteiger partial charge in [0.15, 0.2) is 0 Å². The fourth-order valence-electron chi connectivity index (χ4n) is 5.48. The van der Waals surface area contributed by atoms with Gasteiger partial charge in [0.05, 0.1) is 0 Å². The van der Waals surface area contributed by atoms with Gasteiger partial charge >= 0.3 is 0 Å². The van der Waals surface area contributed by atoms with Crippen LogP contribution < -0.4 is 0 Å². The first-order valence-electron chi connectivity index (χ1n) is 11.5. The number of aryl methyl sites for hydroxylation is 4. The molecule has 1 saturated carbocycles. The maximum absolute atomic E-state index is 2.53. The molecule has 30 heavy (non-hydrogen) atoms. The molecule has 152 valence electrons. The van der Waals surface area contributed by atoms with Crippen LogP contribution in [0.3, 0.4) is 0 Å². The first kappa shape index (κ1) is 19.4. The minimum Gasteiger partial charge on any atom is -0.0649 e. The smallest absolute Gasteiger partial charge is 0.00513 e. The molecule has 0 atom stereocenters. The van der Waals surface area contributed by atoms with Crippen LogP contribution in [0.15, 0.2) is 54.1 Å². The lowest BCUT2D eigenvalue weighted by Gasteiger charge is -2.25. The summed E-state index contributed by atoms with van der Waals surface area (Å²) in [5.41, 5.74) is 15.6. The molecule has 0 heteroatoms. The highest BCUT2D eigenvalue weighted by Crippen LogP contribution is 2.43. The van der Waals surface area contributed by atoms with Crippen LogP contribution in [-0.4, -0.2) is 0 Å². The van der Waals surface area contributed by atoms with E-state index >= 15 is 0 Å². The molecule has 2 aliphatic carbocycles. The Hall–Kier alpha value is -2.60. The second-order valence-corrected chi connectivity index (χ2v) is 9.79. The molecular weight excluding hydrogens is 360 g/mol.